The van der Waals surface area contributed by atoms with E-state index in [2.05, 4.69) is 20.8 Å². The summed E-state index contributed by atoms with van der Waals surface area (Å²) in [4.78, 5) is 14.0. The van der Waals surface area contributed by atoms with Crippen LogP contribution < -0.4 is 0 Å². The van der Waals surface area contributed by atoms with Crippen LogP contribution in [0.2, 0.25) is 0 Å². The van der Waals surface area contributed by atoms with E-state index in [4.69, 9.17) is 4.74 Å². The molecule has 2 rings (SSSR count). The Balaban J connectivity index is 2.30. The Hall–Kier alpha value is -1.29. The first-order valence-corrected chi connectivity index (χ1v) is 7.39. The molecule has 0 N–H and O–H groups in total. The number of esters is 1. The highest BCUT2D eigenvalue weighted by atomic mass is 79.9. The van der Waals surface area contributed by atoms with Gasteiger partial charge in [-0.25, -0.2) is 4.79 Å². The van der Waals surface area contributed by atoms with Gasteiger partial charge in [-0.15, -0.1) is 0 Å². The van der Waals surface area contributed by atoms with E-state index in [1.165, 1.54) is 12.8 Å². The second-order valence-corrected chi connectivity index (χ2v) is 5.40. The average Bonchev–Trinajstić information content (AvgIpc) is 2.90. The van der Waals surface area contributed by atoms with Gasteiger partial charge >= 0.3 is 5.97 Å². The second-order valence-electron chi connectivity index (χ2n) is 4.49. The summed E-state index contributed by atoms with van der Waals surface area (Å²) >= 11 is 3.47. The van der Waals surface area contributed by atoms with Gasteiger partial charge in [0.1, 0.15) is 0 Å². The lowest BCUT2D eigenvalue weighted by atomic mass is 10.1. The molecule has 0 saturated carbocycles. The normalized spacial score (nSPS) is 15.7. The summed E-state index contributed by atoms with van der Waals surface area (Å²) in [6, 6.07) is 8.02. The van der Waals surface area contributed by atoms with Gasteiger partial charge in [0.05, 0.1) is 12.3 Å². The van der Waals surface area contributed by atoms with Crippen molar-refractivity contribution in [3.05, 3.63) is 40.4 Å². The van der Waals surface area contributed by atoms with Gasteiger partial charge in [-0.1, -0.05) is 28.1 Å². The molecule has 1 fully saturated rings. The van der Waals surface area contributed by atoms with Crippen molar-refractivity contribution < 1.29 is 9.53 Å². The Kier molecular flexibility index (Phi) is 5.02. The molecule has 1 aliphatic heterocycles. The molecule has 102 valence electrons. The number of halogens is 1. The van der Waals surface area contributed by atoms with Crippen molar-refractivity contribution >= 4 is 27.6 Å². The first-order valence-electron chi connectivity index (χ1n) is 6.60. The average molecular weight is 324 g/mol. The number of carbonyl (C=O) groups is 1. The minimum atomic E-state index is -0.274. The molecule has 1 aromatic carbocycles. The van der Waals surface area contributed by atoms with Crippen LogP contribution in [0.1, 0.15) is 25.3 Å². The Bertz CT molecular complexity index is 479. The third-order valence-electron chi connectivity index (χ3n) is 3.11. The van der Waals surface area contributed by atoms with Crippen LogP contribution in [0.3, 0.4) is 0 Å². The molecule has 4 heteroatoms. The van der Waals surface area contributed by atoms with Gasteiger partial charge in [0.2, 0.25) is 0 Å². The lowest BCUT2D eigenvalue weighted by molar-refractivity contribution is -0.137. The Labute approximate surface area is 122 Å². The van der Waals surface area contributed by atoms with Crippen molar-refractivity contribution in [2.45, 2.75) is 19.8 Å². The second kappa shape index (κ2) is 6.75. The Morgan fingerprint density at radius 2 is 2.16 bits per heavy atom. The van der Waals surface area contributed by atoms with Crippen LogP contribution in [0.15, 0.2) is 34.8 Å². The summed E-state index contributed by atoms with van der Waals surface area (Å²) in [6.07, 6.45) is 3.96. The molecule has 3 nitrogen and oxygen atoms in total. The molecule has 0 spiro atoms. The summed E-state index contributed by atoms with van der Waals surface area (Å²) in [6.45, 7) is 4.22. The number of carbonyl (C=O) groups excluding carboxylic acids is 1. The summed E-state index contributed by atoms with van der Waals surface area (Å²) in [5.74, 6) is -0.274. The molecular weight excluding hydrogens is 306 g/mol. The molecule has 0 unspecified atom stereocenters. The SMILES string of the molecule is CCOC(=O)/C=C(/c1cccc(Br)c1)N1CCCC1. The van der Waals surface area contributed by atoms with E-state index >= 15 is 0 Å². The van der Waals surface area contributed by atoms with E-state index in [9.17, 15) is 4.79 Å². The first-order chi connectivity index (χ1) is 9.20. The van der Waals surface area contributed by atoms with Crippen LogP contribution in [0.25, 0.3) is 5.70 Å². The third kappa shape index (κ3) is 3.83. The molecule has 0 aliphatic carbocycles. The fourth-order valence-corrected chi connectivity index (χ4v) is 2.66. The van der Waals surface area contributed by atoms with Gasteiger partial charge in [0.15, 0.2) is 0 Å². The van der Waals surface area contributed by atoms with E-state index in [1.54, 1.807) is 6.08 Å². The summed E-state index contributed by atoms with van der Waals surface area (Å²) in [7, 11) is 0. The predicted octanol–water partition coefficient (Wildman–Crippen LogP) is 3.45. The largest absolute Gasteiger partial charge is 0.463 e. The standard InChI is InChI=1S/C15H18BrNO2/c1-2-19-15(18)11-14(17-8-3-4-9-17)12-6-5-7-13(16)10-12/h5-7,10-11H,2-4,8-9H2,1H3/b14-11-. The molecule has 1 heterocycles. The maximum Gasteiger partial charge on any atom is 0.332 e. The van der Waals surface area contributed by atoms with Crippen LogP contribution in [0.5, 0.6) is 0 Å². The molecule has 0 amide bonds. The van der Waals surface area contributed by atoms with E-state index in [-0.39, 0.29) is 5.97 Å². The lowest BCUT2D eigenvalue weighted by Crippen LogP contribution is -2.19. The zero-order valence-electron chi connectivity index (χ0n) is 11.1. The molecule has 19 heavy (non-hydrogen) atoms. The maximum absolute atomic E-state index is 11.7. The van der Waals surface area contributed by atoms with Gasteiger partial charge in [0.25, 0.3) is 0 Å². The van der Waals surface area contributed by atoms with Crippen LogP contribution in [0.4, 0.5) is 0 Å². The predicted molar refractivity (Wildman–Crippen MR) is 79.6 cm³/mol. The van der Waals surface area contributed by atoms with Crippen molar-refractivity contribution in [3.8, 4) is 0 Å². The monoisotopic (exact) mass is 323 g/mol. The molecule has 0 bridgehead atoms. The smallest absolute Gasteiger partial charge is 0.332 e. The molecule has 1 aliphatic rings. The van der Waals surface area contributed by atoms with E-state index in [0.717, 1.165) is 28.8 Å². The number of likely N-dealkylation sites (tertiary alicyclic amines) is 1. The van der Waals surface area contributed by atoms with E-state index in [0.29, 0.717) is 6.61 Å². The quantitative estimate of drug-likeness (QED) is 0.628. The van der Waals surface area contributed by atoms with Crippen molar-refractivity contribution in [1.82, 2.24) is 4.90 Å². The highest BCUT2D eigenvalue weighted by molar-refractivity contribution is 9.10. The number of hydrogen-bond donors (Lipinski definition) is 0. The molecular formula is C15H18BrNO2. The fourth-order valence-electron chi connectivity index (χ4n) is 2.26. The Morgan fingerprint density at radius 1 is 1.42 bits per heavy atom. The zero-order chi connectivity index (χ0) is 13.7. The molecule has 1 aromatic rings. The number of rotatable bonds is 4. The van der Waals surface area contributed by atoms with E-state index in [1.807, 2.05) is 31.2 Å². The third-order valence-corrected chi connectivity index (χ3v) is 3.60. The zero-order valence-corrected chi connectivity index (χ0v) is 12.6. The van der Waals surface area contributed by atoms with Crippen LogP contribution in [-0.2, 0) is 9.53 Å². The van der Waals surface area contributed by atoms with Crippen molar-refractivity contribution in [2.75, 3.05) is 19.7 Å². The molecule has 1 saturated heterocycles. The van der Waals surface area contributed by atoms with Crippen LogP contribution in [0, 0.1) is 0 Å². The molecule has 0 atom stereocenters. The Morgan fingerprint density at radius 3 is 2.79 bits per heavy atom. The number of nitrogens with zero attached hydrogens (tertiary/aromatic N) is 1. The first kappa shape index (κ1) is 14.1. The minimum absolute atomic E-state index is 0.274. The van der Waals surface area contributed by atoms with Crippen molar-refractivity contribution in [1.29, 1.82) is 0 Å². The lowest BCUT2D eigenvalue weighted by Gasteiger charge is -2.21. The number of benzene rings is 1. The van der Waals surface area contributed by atoms with E-state index < -0.39 is 0 Å². The van der Waals surface area contributed by atoms with Gasteiger partial charge < -0.3 is 9.64 Å². The number of ether oxygens (including phenoxy) is 1. The molecule has 0 aromatic heterocycles. The van der Waals surface area contributed by atoms with Crippen LogP contribution in [-0.4, -0.2) is 30.6 Å². The summed E-state index contributed by atoms with van der Waals surface area (Å²) < 4.78 is 6.04. The van der Waals surface area contributed by atoms with Crippen LogP contribution >= 0.6 is 15.9 Å². The van der Waals surface area contributed by atoms with Gasteiger partial charge in [-0.05, 0) is 37.5 Å². The molecule has 0 radical (unpaired) electrons. The van der Waals surface area contributed by atoms with Crippen molar-refractivity contribution in [2.24, 2.45) is 0 Å². The van der Waals surface area contributed by atoms with Gasteiger partial charge in [-0.3, -0.25) is 0 Å². The van der Waals surface area contributed by atoms with Gasteiger partial charge in [-0.2, -0.15) is 0 Å². The number of hydrogen-bond acceptors (Lipinski definition) is 3. The fraction of sp³-hybridized carbons (Fsp3) is 0.400. The van der Waals surface area contributed by atoms with Crippen molar-refractivity contribution in [3.63, 3.8) is 0 Å². The summed E-state index contributed by atoms with van der Waals surface area (Å²) in [5, 5.41) is 0. The highest BCUT2D eigenvalue weighted by Crippen LogP contribution is 2.26. The minimum Gasteiger partial charge on any atom is -0.463 e. The van der Waals surface area contributed by atoms with Gasteiger partial charge in [0, 0.05) is 23.6 Å². The maximum atomic E-state index is 11.7. The topological polar surface area (TPSA) is 29.5 Å². The summed E-state index contributed by atoms with van der Waals surface area (Å²) in [5.41, 5.74) is 2.00. The highest BCUT2D eigenvalue weighted by Gasteiger charge is 2.18.